The summed E-state index contributed by atoms with van der Waals surface area (Å²) in [6, 6.07) is 19.4. The number of nitrogens with zero attached hydrogens (tertiary/aromatic N) is 1. The Balaban J connectivity index is 1.62. The summed E-state index contributed by atoms with van der Waals surface area (Å²) in [5, 5.41) is 0.528. The van der Waals surface area contributed by atoms with Gasteiger partial charge in [-0.05, 0) is 72.2 Å². The molecular weight excluding hydrogens is 450 g/mol. The Morgan fingerprint density at radius 3 is 2.31 bits per heavy atom. The number of amides is 1. The second-order valence-corrected chi connectivity index (χ2v) is 9.95. The zero-order chi connectivity index (χ0) is 25.6. The van der Waals surface area contributed by atoms with Crippen molar-refractivity contribution in [2.24, 2.45) is 0 Å². The van der Waals surface area contributed by atoms with Gasteiger partial charge >= 0.3 is 0 Å². The molecule has 1 amide bonds. The molecule has 5 rings (SSSR count). The minimum Gasteiger partial charge on any atom is -0.497 e. The molecule has 0 spiro atoms. The Morgan fingerprint density at radius 1 is 0.972 bits per heavy atom. The van der Waals surface area contributed by atoms with E-state index in [1.165, 1.54) is 5.56 Å². The van der Waals surface area contributed by atoms with E-state index in [0.29, 0.717) is 35.4 Å². The van der Waals surface area contributed by atoms with E-state index in [0.717, 1.165) is 28.0 Å². The van der Waals surface area contributed by atoms with Gasteiger partial charge in [0.25, 0.3) is 5.91 Å². The molecule has 5 heteroatoms. The van der Waals surface area contributed by atoms with Crippen molar-refractivity contribution in [1.82, 2.24) is 4.90 Å². The minimum atomic E-state index is -0.492. The number of benzene rings is 3. The number of ether oxygens (including phenoxy) is 1. The van der Waals surface area contributed by atoms with Crippen LogP contribution in [0.2, 0.25) is 0 Å². The summed E-state index contributed by atoms with van der Waals surface area (Å²) in [5.74, 6) is 1.10. The topological polar surface area (TPSA) is 59.8 Å². The van der Waals surface area contributed by atoms with Gasteiger partial charge in [0.05, 0.1) is 24.1 Å². The second kappa shape index (κ2) is 9.30. The van der Waals surface area contributed by atoms with Gasteiger partial charge in [-0.2, -0.15) is 0 Å². The molecule has 0 saturated heterocycles. The van der Waals surface area contributed by atoms with E-state index in [4.69, 9.17) is 9.15 Å². The van der Waals surface area contributed by atoms with Gasteiger partial charge in [0.15, 0.2) is 5.43 Å². The first-order valence-corrected chi connectivity index (χ1v) is 12.4. The van der Waals surface area contributed by atoms with E-state index >= 15 is 0 Å². The van der Waals surface area contributed by atoms with Crippen molar-refractivity contribution in [3.05, 3.63) is 110 Å². The van der Waals surface area contributed by atoms with Crippen LogP contribution in [-0.4, -0.2) is 24.5 Å². The molecule has 0 bridgehead atoms. The summed E-state index contributed by atoms with van der Waals surface area (Å²) in [5.41, 5.74) is 5.86. The molecule has 0 fully saturated rings. The molecule has 1 aromatic heterocycles. The third kappa shape index (κ3) is 4.09. The maximum Gasteiger partial charge on any atom is 0.290 e. The van der Waals surface area contributed by atoms with Crippen LogP contribution in [0.5, 0.6) is 5.75 Å². The molecule has 5 nitrogen and oxygen atoms in total. The summed E-state index contributed by atoms with van der Waals surface area (Å²) in [6.45, 7) is 8.63. The predicted octanol–water partition coefficient (Wildman–Crippen LogP) is 6.33. The smallest absolute Gasteiger partial charge is 0.290 e. The highest BCUT2D eigenvalue weighted by Gasteiger charge is 2.42. The van der Waals surface area contributed by atoms with E-state index in [-0.39, 0.29) is 17.1 Å². The fourth-order valence-corrected chi connectivity index (χ4v) is 5.16. The normalized spacial score (nSPS) is 15.1. The van der Waals surface area contributed by atoms with Gasteiger partial charge in [-0.25, -0.2) is 0 Å². The third-order valence-electron chi connectivity index (χ3n) is 7.12. The van der Waals surface area contributed by atoms with Gasteiger partial charge in [0.2, 0.25) is 5.76 Å². The van der Waals surface area contributed by atoms with Gasteiger partial charge in [0, 0.05) is 6.54 Å². The number of aryl methyl sites for hydroxylation is 2. The van der Waals surface area contributed by atoms with Crippen LogP contribution in [0.25, 0.3) is 11.0 Å². The molecule has 0 N–H and O–H groups in total. The van der Waals surface area contributed by atoms with Gasteiger partial charge in [-0.3, -0.25) is 9.59 Å². The fourth-order valence-electron chi connectivity index (χ4n) is 5.16. The minimum absolute atomic E-state index is 0.128. The Labute approximate surface area is 211 Å². The van der Waals surface area contributed by atoms with Crippen LogP contribution in [0.15, 0.2) is 69.9 Å². The molecule has 2 heterocycles. The van der Waals surface area contributed by atoms with Crippen LogP contribution in [-0.2, 0) is 6.42 Å². The molecule has 0 radical (unpaired) electrons. The Kier molecular flexibility index (Phi) is 6.17. The van der Waals surface area contributed by atoms with Crippen molar-refractivity contribution in [2.75, 3.05) is 13.7 Å². The number of carbonyl (C=O) groups excluding carboxylic acids is 1. The highest BCUT2D eigenvalue weighted by Crippen LogP contribution is 2.39. The number of hydrogen-bond donors (Lipinski definition) is 0. The highest BCUT2D eigenvalue weighted by molar-refractivity contribution is 5.99. The van der Waals surface area contributed by atoms with E-state index in [9.17, 15) is 9.59 Å². The average Bonchev–Trinajstić information content (AvgIpc) is 3.15. The van der Waals surface area contributed by atoms with Crippen LogP contribution in [0, 0.1) is 13.8 Å². The lowest BCUT2D eigenvalue weighted by molar-refractivity contribution is 0.0730. The van der Waals surface area contributed by atoms with Crippen LogP contribution in [0.4, 0.5) is 0 Å². The first kappa shape index (κ1) is 23.9. The zero-order valence-corrected chi connectivity index (χ0v) is 21.4. The predicted molar refractivity (Wildman–Crippen MR) is 142 cm³/mol. The van der Waals surface area contributed by atoms with E-state index in [2.05, 4.69) is 26.0 Å². The summed E-state index contributed by atoms with van der Waals surface area (Å²) in [7, 11) is 1.64. The van der Waals surface area contributed by atoms with Gasteiger partial charge in [-0.1, -0.05) is 56.3 Å². The highest BCUT2D eigenvalue weighted by atomic mass is 16.5. The summed E-state index contributed by atoms with van der Waals surface area (Å²) < 4.78 is 11.5. The number of methoxy groups -OCH3 is 1. The molecule has 184 valence electrons. The molecule has 0 saturated carbocycles. The van der Waals surface area contributed by atoms with E-state index in [1.54, 1.807) is 12.0 Å². The molecule has 1 aliphatic heterocycles. The lowest BCUT2D eigenvalue weighted by Crippen LogP contribution is -2.31. The fraction of sp³-hybridized carbons (Fsp3) is 0.290. The van der Waals surface area contributed by atoms with Crippen molar-refractivity contribution in [2.45, 2.75) is 46.1 Å². The first-order chi connectivity index (χ1) is 17.3. The second-order valence-electron chi connectivity index (χ2n) is 9.95. The molecule has 1 unspecified atom stereocenters. The van der Waals surface area contributed by atoms with E-state index in [1.807, 2.05) is 62.4 Å². The van der Waals surface area contributed by atoms with Crippen LogP contribution >= 0.6 is 0 Å². The molecule has 36 heavy (non-hydrogen) atoms. The number of rotatable bonds is 6. The lowest BCUT2D eigenvalue weighted by atomic mass is 9.94. The van der Waals surface area contributed by atoms with Gasteiger partial charge in [-0.15, -0.1) is 0 Å². The van der Waals surface area contributed by atoms with Crippen molar-refractivity contribution in [1.29, 1.82) is 0 Å². The Morgan fingerprint density at radius 2 is 1.67 bits per heavy atom. The molecule has 4 aromatic rings. The maximum absolute atomic E-state index is 13.9. The van der Waals surface area contributed by atoms with Gasteiger partial charge < -0.3 is 14.1 Å². The van der Waals surface area contributed by atoms with E-state index < -0.39 is 6.04 Å². The summed E-state index contributed by atoms with van der Waals surface area (Å²) >= 11 is 0. The number of carbonyl (C=O) groups is 1. The third-order valence-corrected chi connectivity index (χ3v) is 7.12. The monoisotopic (exact) mass is 481 g/mol. The van der Waals surface area contributed by atoms with Gasteiger partial charge in [0.1, 0.15) is 11.3 Å². The van der Waals surface area contributed by atoms with Crippen LogP contribution < -0.4 is 10.2 Å². The average molecular weight is 482 g/mol. The molecule has 1 aliphatic rings. The standard InChI is InChI=1S/C31H31NO4/c1-18(2)22-8-10-23(11-9-22)27-26-28(33)25-17-19(3)16-20(4)29(25)36-30(26)31(34)32(27)15-14-21-6-12-24(35-5)13-7-21/h6-13,16-18,27H,14-15H2,1-5H3. The maximum atomic E-state index is 13.9. The molecule has 0 aliphatic carbocycles. The Hall–Kier alpha value is -3.86. The quantitative estimate of drug-likeness (QED) is 0.323. The van der Waals surface area contributed by atoms with Crippen molar-refractivity contribution in [3.8, 4) is 5.75 Å². The number of hydrogen-bond acceptors (Lipinski definition) is 4. The molecule has 1 atom stereocenters. The van der Waals surface area contributed by atoms with Crippen LogP contribution in [0.3, 0.4) is 0 Å². The summed E-state index contributed by atoms with van der Waals surface area (Å²) in [6.07, 6.45) is 0.649. The van der Waals surface area contributed by atoms with Crippen molar-refractivity contribution < 1.29 is 13.9 Å². The SMILES string of the molecule is COc1ccc(CCN2C(=O)c3oc4c(C)cc(C)cc4c(=O)c3C2c2ccc(C(C)C)cc2)cc1. The zero-order valence-electron chi connectivity index (χ0n) is 21.4. The molecule has 3 aromatic carbocycles. The van der Waals surface area contributed by atoms with Crippen LogP contribution in [0.1, 0.15) is 69.7 Å². The number of fused-ring (bicyclic) bond motifs is 2. The lowest BCUT2D eigenvalue weighted by Gasteiger charge is -2.25. The first-order valence-electron chi connectivity index (χ1n) is 12.4. The summed E-state index contributed by atoms with van der Waals surface area (Å²) in [4.78, 5) is 29.4. The largest absolute Gasteiger partial charge is 0.497 e. The van der Waals surface area contributed by atoms with Crippen molar-refractivity contribution in [3.63, 3.8) is 0 Å². The Bertz CT molecular complexity index is 1500. The molecular formula is C31H31NO4. The van der Waals surface area contributed by atoms with Crippen molar-refractivity contribution >= 4 is 16.9 Å².